The van der Waals surface area contributed by atoms with E-state index in [9.17, 15) is 4.79 Å². The number of aromatic nitrogens is 3. The molecule has 110 valence electrons. The van der Waals surface area contributed by atoms with Crippen LogP contribution in [-0.4, -0.2) is 21.1 Å². The Hall–Kier alpha value is -2.60. The summed E-state index contributed by atoms with van der Waals surface area (Å²) in [6.45, 7) is 1.88. The molecule has 5 nitrogen and oxygen atoms in total. The smallest absolute Gasteiger partial charge is 0.259 e. The zero-order valence-electron chi connectivity index (χ0n) is 12.0. The van der Waals surface area contributed by atoms with Crippen LogP contribution in [0.5, 0.6) is 0 Å². The van der Waals surface area contributed by atoms with Crippen LogP contribution >= 0.6 is 11.3 Å². The molecule has 1 N–H and O–H groups in total. The summed E-state index contributed by atoms with van der Waals surface area (Å²) in [5, 5.41) is 12.2. The molecule has 2 heterocycles. The number of rotatable bonds is 4. The highest BCUT2D eigenvalue weighted by Crippen LogP contribution is 2.19. The molecule has 1 aromatic carbocycles. The predicted octanol–water partition coefficient (Wildman–Crippen LogP) is 3.08. The van der Waals surface area contributed by atoms with E-state index in [2.05, 4.69) is 20.5 Å². The van der Waals surface area contributed by atoms with Gasteiger partial charge in [0.05, 0.1) is 5.56 Å². The van der Waals surface area contributed by atoms with E-state index < -0.39 is 0 Å². The predicted molar refractivity (Wildman–Crippen MR) is 86.1 cm³/mol. The molecule has 0 aliphatic rings. The number of nitrogens with zero attached hydrogens (tertiary/aromatic N) is 3. The van der Waals surface area contributed by atoms with Crippen LogP contribution in [0.4, 0.5) is 5.13 Å². The number of aryl methyl sites for hydroxylation is 1. The Balaban J connectivity index is 1.66. The molecule has 0 radical (unpaired) electrons. The zero-order valence-corrected chi connectivity index (χ0v) is 12.8. The van der Waals surface area contributed by atoms with Crippen molar-refractivity contribution in [3.63, 3.8) is 0 Å². The molecule has 3 rings (SSSR count). The van der Waals surface area contributed by atoms with Crippen LogP contribution in [0, 0.1) is 6.92 Å². The first-order valence-corrected chi connectivity index (χ1v) is 7.63. The maximum absolute atomic E-state index is 12.1. The van der Waals surface area contributed by atoms with Crippen LogP contribution in [0.15, 0.2) is 48.7 Å². The first-order chi connectivity index (χ1) is 10.7. The van der Waals surface area contributed by atoms with Gasteiger partial charge in [0.25, 0.3) is 5.91 Å². The van der Waals surface area contributed by atoms with Gasteiger partial charge in [0.1, 0.15) is 5.01 Å². The molecule has 0 spiro atoms. The molecule has 0 bridgehead atoms. The Morgan fingerprint density at radius 1 is 1.14 bits per heavy atom. The summed E-state index contributed by atoms with van der Waals surface area (Å²) in [4.78, 5) is 16.2. The number of nitrogens with one attached hydrogen (secondary N) is 1. The number of pyridine rings is 1. The van der Waals surface area contributed by atoms with Gasteiger partial charge < -0.3 is 0 Å². The first-order valence-electron chi connectivity index (χ1n) is 6.81. The van der Waals surface area contributed by atoms with E-state index in [1.165, 1.54) is 16.9 Å². The zero-order chi connectivity index (χ0) is 15.4. The maximum Gasteiger partial charge on any atom is 0.259 e. The van der Waals surface area contributed by atoms with Crippen molar-refractivity contribution < 1.29 is 4.79 Å². The molecular formula is C16H14N4OS. The van der Waals surface area contributed by atoms with Gasteiger partial charge >= 0.3 is 0 Å². The number of anilines is 1. The van der Waals surface area contributed by atoms with Crippen LogP contribution in [0.2, 0.25) is 0 Å². The SMILES string of the molecule is Cc1ccc(C(=O)Nc2nnc(Cc3ccccc3)s2)cn1. The van der Waals surface area contributed by atoms with Crippen LogP contribution in [0.25, 0.3) is 0 Å². The van der Waals surface area contributed by atoms with Gasteiger partial charge in [-0.15, -0.1) is 10.2 Å². The number of carbonyl (C=O) groups is 1. The first kappa shape index (κ1) is 14.3. The van der Waals surface area contributed by atoms with E-state index in [0.717, 1.165) is 10.7 Å². The lowest BCUT2D eigenvalue weighted by Crippen LogP contribution is -2.12. The van der Waals surface area contributed by atoms with Crippen LogP contribution in [-0.2, 0) is 6.42 Å². The van der Waals surface area contributed by atoms with Crippen molar-refractivity contribution >= 4 is 22.4 Å². The minimum Gasteiger partial charge on any atom is -0.296 e. The van der Waals surface area contributed by atoms with E-state index in [-0.39, 0.29) is 5.91 Å². The van der Waals surface area contributed by atoms with Crippen molar-refractivity contribution in [2.24, 2.45) is 0 Å². The fourth-order valence-corrected chi connectivity index (χ4v) is 2.69. The number of hydrogen-bond donors (Lipinski definition) is 1. The van der Waals surface area contributed by atoms with Crippen molar-refractivity contribution in [1.29, 1.82) is 0 Å². The van der Waals surface area contributed by atoms with Crippen molar-refractivity contribution in [3.05, 3.63) is 70.5 Å². The highest BCUT2D eigenvalue weighted by Gasteiger charge is 2.10. The molecule has 22 heavy (non-hydrogen) atoms. The molecule has 0 saturated heterocycles. The van der Waals surface area contributed by atoms with Gasteiger partial charge in [-0.2, -0.15) is 0 Å². The molecule has 6 heteroatoms. The second kappa shape index (κ2) is 6.44. The normalized spacial score (nSPS) is 10.4. The largest absolute Gasteiger partial charge is 0.296 e. The monoisotopic (exact) mass is 310 g/mol. The number of amides is 1. The highest BCUT2D eigenvalue weighted by atomic mass is 32.1. The van der Waals surface area contributed by atoms with E-state index in [0.29, 0.717) is 17.1 Å². The van der Waals surface area contributed by atoms with E-state index >= 15 is 0 Å². The van der Waals surface area contributed by atoms with E-state index in [1.807, 2.05) is 37.3 Å². The van der Waals surface area contributed by atoms with E-state index in [4.69, 9.17) is 0 Å². The van der Waals surface area contributed by atoms with Crippen molar-refractivity contribution in [2.45, 2.75) is 13.3 Å². The van der Waals surface area contributed by atoms with Gasteiger partial charge in [0.2, 0.25) is 5.13 Å². The lowest BCUT2D eigenvalue weighted by molar-refractivity contribution is 0.102. The summed E-state index contributed by atoms with van der Waals surface area (Å²) >= 11 is 1.38. The summed E-state index contributed by atoms with van der Waals surface area (Å²) in [5.74, 6) is -0.227. The third kappa shape index (κ3) is 3.53. The third-order valence-corrected chi connectivity index (χ3v) is 3.90. The molecule has 0 saturated carbocycles. The topological polar surface area (TPSA) is 67.8 Å². The summed E-state index contributed by atoms with van der Waals surface area (Å²) < 4.78 is 0. The highest BCUT2D eigenvalue weighted by molar-refractivity contribution is 7.15. The molecule has 2 aromatic heterocycles. The Kier molecular flexibility index (Phi) is 4.20. The average molecular weight is 310 g/mol. The number of benzene rings is 1. The Morgan fingerprint density at radius 3 is 2.68 bits per heavy atom. The van der Waals surface area contributed by atoms with Crippen molar-refractivity contribution in [3.8, 4) is 0 Å². The third-order valence-electron chi connectivity index (χ3n) is 3.06. The second-order valence-corrected chi connectivity index (χ2v) is 5.87. The summed E-state index contributed by atoms with van der Waals surface area (Å²) in [6, 6.07) is 13.6. The fourth-order valence-electron chi connectivity index (χ4n) is 1.92. The molecule has 3 aromatic rings. The molecular weight excluding hydrogens is 296 g/mol. The quantitative estimate of drug-likeness (QED) is 0.804. The molecule has 0 aliphatic heterocycles. The maximum atomic E-state index is 12.1. The van der Waals surface area contributed by atoms with Crippen molar-refractivity contribution in [2.75, 3.05) is 5.32 Å². The van der Waals surface area contributed by atoms with Crippen LogP contribution in [0.3, 0.4) is 0 Å². The molecule has 0 fully saturated rings. The average Bonchev–Trinajstić information content (AvgIpc) is 2.96. The summed E-state index contributed by atoms with van der Waals surface area (Å²) in [5.41, 5.74) is 2.54. The number of hydrogen-bond acceptors (Lipinski definition) is 5. The Morgan fingerprint density at radius 2 is 1.95 bits per heavy atom. The Labute approximate surface area is 132 Å². The Bertz CT molecular complexity index is 768. The second-order valence-electron chi connectivity index (χ2n) is 4.81. The minimum atomic E-state index is -0.227. The molecule has 1 amide bonds. The van der Waals surface area contributed by atoms with Gasteiger partial charge in [0.15, 0.2) is 0 Å². The van der Waals surface area contributed by atoms with Crippen molar-refractivity contribution in [1.82, 2.24) is 15.2 Å². The van der Waals surface area contributed by atoms with E-state index in [1.54, 1.807) is 18.3 Å². The van der Waals surface area contributed by atoms with Crippen LogP contribution in [0.1, 0.15) is 26.6 Å². The molecule has 0 unspecified atom stereocenters. The van der Waals surface area contributed by atoms with Crippen LogP contribution < -0.4 is 5.32 Å². The standard InChI is InChI=1S/C16H14N4OS/c1-11-7-8-13(10-17-11)15(21)18-16-20-19-14(22-16)9-12-5-3-2-4-6-12/h2-8,10H,9H2,1H3,(H,18,20,21). The minimum absolute atomic E-state index is 0.227. The molecule has 0 aliphatic carbocycles. The number of carbonyl (C=O) groups excluding carboxylic acids is 1. The van der Waals surface area contributed by atoms with Gasteiger partial charge in [-0.3, -0.25) is 15.1 Å². The summed E-state index contributed by atoms with van der Waals surface area (Å²) in [7, 11) is 0. The summed E-state index contributed by atoms with van der Waals surface area (Å²) in [6.07, 6.45) is 2.26. The van der Waals surface area contributed by atoms with Gasteiger partial charge in [0, 0.05) is 18.3 Å². The fraction of sp³-hybridized carbons (Fsp3) is 0.125. The van der Waals surface area contributed by atoms with Gasteiger partial charge in [-0.25, -0.2) is 0 Å². The lowest BCUT2D eigenvalue weighted by Gasteiger charge is -2.00. The lowest BCUT2D eigenvalue weighted by atomic mass is 10.2. The molecule has 0 atom stereocenters. The van der Waals surface area contributed by atoms with Gasteiger partial charge in [-0.05, 0) is 24.6 Å². The van der Waals surface area contributed by atoms with Gasteiger partial charge in [-0.1, -0.05) is 41.7 Å².